The van der Waals surface area contributed by atoms with Gasteiger partial charge in [-0.3, -0.25) is 14.4 Å². The van der Waals surface area contributed by atoms with E-state index in [1.807, 2.05) is 4.90 Å². The molecule has 1 aromatic heterocycles. The lowest BCUT2D eigenvalue weighted by Crippen LogP contribution is -2.76. The predicted molar refractivity (Wildman–Crippen MR) is 91.5 cm³/mol. The Labute approximate surface area is 150 Å². The molecule has 0 radical (unpaired) electrons. The maximum Gasteiger partial charge on any atom is 0.272 e. The van der Waals surface area contributed by atoms with Gasteiger partial charge in [0.05, 0.1) is 5.41 Å². The molecule has 26 heavy (non-hydrogen) atoms. The highest BCUT2D eigenvalue weighted by molar-refractivity contribution is 5.93. The molecule has 6 fully saturated rings. The van der Waals surface area contributed by atoms with Crippen LogP contribution in [0.25, 0.3) is 0 Å². The maximum absolute atomic E-state index is 12.7. The van der Waals surface area contributed by atoms with Crippen molar-refractivity contribution in [1.82, 2.24) is 19.8 Å². The van der Waals surface area contributed by atoms with E-state index in [9.17, 15) is 14.4 Å². The van der Waals surface area contributed by atoms with Crippen molar-refractivity contribution in [3.05, 3.63) is 27.9 Å². The van der Waals surface area contributed by atoms with Crippen molar-refractivity contribution in [3.8, 4) is 0 Å². The number of H-pyrrole nitrogens is 1. The molecule has 0 atom stereocenters. The normalized spacial score (nSPS) is 33.0. The summed E-state index contributed by atoms with van der Waals surface area (Å²) in [5.74, 6) is 1.96. The highest BCUT2D eigenvalue weighted by Gasteiger charge is 2.65. The average molecular weight is 354 g/mol. The van der Waals surface area contributed by atoms with Gasteiger partial charge in [-0.05, 0) is 38.0 Å². The van der Waals surface area contributed by atoms with Crippen LogP contribution in [0, 0.1) is 16.7 Å². The summed E-state index contributed by atoms with van der Waals surface area (Å²) in [4.78, 5) is 47.9. The van der Waals surface area contributed by atoms with Crippen LogP contribution in [0.1, 0.15) is 54.3 Å². The van der Waals surface area contributed by atoms with Crippen LogP contribution in [0.2, 0.25) is 0 Å². The van der Waals surface area contributed by atoms with Crippen LogP contribution in [0.5, 0.6) is 0 Å². The van der Waals surface area contributed by atoms with Gasteiger partial charge in [0.25, 0.3) is 11.5 Å². The standard InChI is InChI=1S/C19H22N4O3/c24-14-3-13(20-15(21-14)12-1-2-12)16(25)22-7-18(8-22)9-23(10-18)17(26)19-4-11(5-19)6-19/h3,11-12H,1-2,4-10H2,(H,20,21,24). The minimum Gasteiger partial charge on any atom is -0.341 e. The molecular formula is C19H22N4O3. The summed E-state index contributed by atoms with van der Waals surface area (Å²) in [7, 11) is 0. The third kappa shape index (κ3) is 1.94. The van der Waals surface area contributed by atoms with Crippen molar-refractivity contribution in [1.29, 1.82) is 0 Å². The van der Waals surface area contributed by atoms with Gasteiger partial charge in [0.15, 0.2) is 0 Å². The number of amides is 2. The fraction of sp³-hybridized carbons (Fsp3) is 0.684. The fourth-order valence-corrected chi connectivity index (χ4v) is 5.39. The minimum absolute atomic E-state index is 0.000271. The zero-order chi connectivity index (χ0) is 17.7. The predicted octanol–water partition coefficient (Wildman–Crippen LogP) is 0.732. The number of likely N-dealkylation sites (tertiary alicyclic amines) is 2. The molecule has 7 rings (SSSR count). The molecule has 136 valence electrons. The highest BCUT2D eigenvalue weighted by Crippen LogP contribution is 2.65. The highest BCUT2D eigenvalue weighted by atomic mass is 16.2. The second-order valence-electron chi connectivity index (χ2n) is 9.37. The molecule has 2 amide bonds. The smallest absolute Gasteiger partial charge is 0.272 e. The lowest BCUT2D eigenvalue weighted by atomic mass is 9.43. The molecule has 1 aromatic rings. The van der Waals surface area contributed by atoms with Crippen molar-refractivity contribution in [2.75, 3.05) is 26.2 Å². The molecule has 6 aliphatic rings. The van der Waals surface area contributed by atoms with E-state index in [1.54, 1.807) is 4.90 Å². The van der Waals surface area contributed by atoms with E-state index in [0.29, 0.717) is 30.7 Å². The average Bonchev–Trinajstić information content (AvgIpc) is 3.24. The Morgan fingerprint density at radius 3 is 2.31 bits per heavy atom. The van der Waals surface area contributed by atoms with Gasteiger partial charge in [-0.1, -0.05) is 0 Å². The summed E-state index contributed by atoms with van der Waals surface area (Å²) in [6.45, 7) is 2.88. The third-order valence-electron chi connectivity index (χ3n) is 7.11. The molecule has 7 heteroatoms. The van der Waals surface area contributed by atoms with Gasteiger partial charge in [-0.25, -0.2) is 4.98 Å². The van der Waals surface area contributed by atoms with Crippen molar-refractivity contribution >= 4 is 11.8 Å². The van der Waals surface area contributed by atoms with Crippen LogP contribution in [-0.4, -0.2) is 57.8 Å². The van der Waals surface area contributed by atoms with Gasteiger partial charge in [0.2, 0.25) is 5.91 Å². The number of hydrogen-bond donors (Lipinski definition) is 1. The lowest BCUT2D eigenvalue weighted by molar-refractivity contribution is -0.195. The second-order valence-corrected chi connectivity index (χ2v) is 9.37. The van der Waals surface area contributed by atoms with E-state index in [4.69, 9.17) is 0 Å². The molecule has 0 unspecified atom stereocenters. The van der Waals surface area contributed by atoms with Crippen molar-refractivity contribution in [3.63, 3.8) is 0 Å². The number of carbonyl (C=O) groups excluding carboxylic acids is 2. The second kappa shape index (κ2) is 4.56. The van der Waals surface area contributed by atoms with Gasteiger partial charge >= 0.3 is 0 Å². The molecule has 4 saturated carbocycles. The van der Waals surface area contributed by atoms with Crippen LogP contribution < -0.4 is 5.56 Å². The number of nitrogens with zero attached hydrogens (tertiary/aromatic N) is 3. The monoisotopic (exact) mass is 354 g/mol. The van der Waals surface area contributed by atoms with Crippen LogP contribution in [0.3, 0.4) is 0 Å². The van der Waals surface area contributed by atoms with Gasteiger partial charge in [-0.15, -0.1) is 0 Å². The van der Waals surface area contributed by atoms with Crippen molar-refractivity contribution in [2.24, 2.45) is 16.7 Å². The van der Waals surface area contributed by atoms with Gasteiger partial charge < -0.3 is 14.8 Å². The summed E-state index contributed by atoms with van der Waals surface area (Å²) >= 11 is 0. The van der Waals surface area contributed by atoms with E-state index in [2.05, 4.69) is 9.97 Å². The summed E-state index contributed by atoms with van der Waals surface area (Å²) in [5.41, 5.74) is 0.0841. The van der Waals surface area contributed by atoms with Gasteiger partial charge in [0.1, 0.15) is 11.5 Å². The molecule has 2 saturated heterocycles. The largest absolute Gasteiger partial charge is 0.341 e. The van der Waals surface area contributed by atoms with E-state index in [-0.39, 0.29) is 28.0 Å². The van der Waals surface area contributed by atoms with Crippen molar-refractivity contribution < 1.29 is 9.59 Å². The molecule has 2 bridgehead atoms. The van der Waals surface area contributed by atoms with Crippen LogP contribution in [-0.2, 0) is 4.79 Å². The first-order valence-corrected chi connectivity index (χ1v) is 9.65. The Kier molecular flexibility index (Phi) is 2.62. The van der Waals surface area contributed by atoms with Crippen LogP contribution in [0.15, 0.2) is 10.9 Å². The summed E-state index contributed by atoms with van der Waals surface area (Å²) in [5, 5.41) is 0. The van der Waals surface area contributed by atoms with E-state index >= 15 is 0 Å². The number of rotatable bonds is 3. The molecule has 3 heterocycles. The number of nitrogens with one attached hydrogen (secondary N) is 1. The number of aromatic amines is 1. The van der Waals surface area contributed by atoms with Crippen LogP contribution >= 0.6 is 0 Å². The molecule has 0 aromatic carbocycles. The molecule has 4 aliphatic carbocycles. The Hall–Kier alpha value is -2.18. The topological polar surface area (TPSA) is 86.4 Å². The Morgan fingerprint density at radius 1 is 1.08 bits per heavy atom. The van der Waals surface area contributed by atoms with Crippen molar-refractivity contribution in [2.45, 2.75) is 38.0 Å². The quantitative estimate of drug-likeness (QED) is 0.867. The van der Waals surface area contributed by atoms with E-state index in [1.165, 1.54) is 6.07 Å². The third-order valence-corrected chi connectivity index (χ3v) is 7.11. The zero-order valence-corrected chi connectivity index (χ0v) is 14.7. The summed E-state index contributed by atoms with van der Waals surface area (Å²) < 4.78 is 0. The fourth-order valence-electron chi connectivity index (χ4n) is 5.39. The summed E-state index contributed by atoms with van der Waals surface area (Å²) in [6, 6.07) is 1.30. The molecular weight excluding hydrogens is 332 g/mol. The summed E-state index contributed by atoms with van der Waals surface area (Å²) in [6.07, 6.45) is 5.34. The first-order chi connectivity index (χ1) is 12.5. The van der Waals surface area contributed by atoms with E-state index in [0.717, 1.165) is 51.1 Å². The van der Waals surface area contributed by atoms with Crippen LogP contribution in [0.4, 0.5) is 0 Å². The number of carbonyl (C=O) groups is 2. The zero-order valence-electron chi connectivity index (χ0n) is 14.7. The minimum atomic E-state index is -0.250. The maximum atomic E-state index is 12.7. The first-order valence-electron chi connectivity index (χ1n) is 9.65. The van der Waals surface area contributed by atoms with Gasteiger partial charge in [0, 0.05) is 43.6 Å². The SMILES string of the molecule is O=C(c1cc(=O)[nH]c(C2CC2)n1)N1CC2(C1)CN(C(=O)C13CC(C1)C3)C2. The first kappa shape index (κ1) is 14.9. The van der Waals surface area contributed by atoms with Gasteiger partial charge in [-0.2, -0.15) is 0 Å². The van der Waals surface area contributed by atoms with E-state index < -0.39 is 0 Å². The lowest BCUT2D eigenvalue weighted by Gasteiger charge is -2.66. The molecule has 1 N–H and O–H groups in total. The Morgan fingerprint density at radius 2 is 1.73 bits per heavy atom. The molecule has 1 spiro atoms. The number of aromatic nitrogens is 2. The molecule has 2 aliphatic heterocycles. The Bertz CT molecular complexity index is 871. The molecule has 7 nitrogen and oxygen atoms in total. The Balaban J connectivity index is 1.09. The number of hydrogen-bond acceptors (Lipinski definition) is 4.